The predicted molar refractivity (Wildman–Crippen MR) is 93.5 cm³/mol. The van der Waals surface area contributed by atoms with E-state index in [0.717, 1.165) is 0 Å². The summed E-state index contributed by atoms with van der Waals surface area (Å²) in [4.78, 5) is 13.9. The summed E-state index contributed by atoms with van der Waals surface area (Å²) in [6, 6.07) is 2.18. The summed E-state index contributed by atoms with van der Waals surface area (Å²) in [6.07, 6.45) is 0. The Kier molecular flexibility index (Phi) is 2.85. The molecule has 1 saturated heterocycles. The van der Waals surface area contributed by atoms with Crippen molar-refractivity contribution in [3.63, 3.8) is 0 Å². The van der Waals surface area contributed by atoms with Crippen molar-refractivity contribution in [1.29, 1.82) is 0 Å². The van der Waals surface area contributed by atoms with E-state index in [1.54, 1.807) is 23.1 Å². The zero-order chi connectivity index (χ0) is 16.2. The van der Waals surface area contributed by atoms with Gasteiger partial charge in [-0.15, -0.1) is 46.3 Å². The molecular formula is C16H16Cl2O2S2. The molecule has 5 unspecified atom stereocenters. The minimum Gasteiger partial charge on any atom is -0.504 e. The molecule has 1 aromatic rings. The van der Waals surface area contributed by atoms with Crippen LogP contribution >= 0.6 is 46.3 Å². The Morgan fingerprint density at radius 1 is 1.23 bits per heavy atom. The highest BCUT2D eigenvalue weighted by molar-refractivity contribution is 8.11. The van der Waals surface area contributed by atoms with Crippen LogP contribution in [-0.4, -0.2) is 24.7 Å². The molecule has 0 aromatic carbocycles. The second-order valence-corrected chi connectivity index (χ2v) is 11.2. The third kappa shape index (κ3) is 1.36. The van der Waals surface area contributed by atoms with Gasteiger partial charge in [0, 0.05) is 21.6 Å². The zero-order valence-corrected chi connectivity index (χ0v) is 15.8. The van der Waals surface area contributed by atoms with Gasteiger partial charge in [0.05, 0.1) is 4.75 Å². The second-order valence-electron chi connectivity index (χ2n) is 6.70. The molecule has 2 nitrogen and oxygen atoms in total. The number of carbonyl (C=O) groups excluding carboxylic acids is 1. The van der Waals surface area contributed by atoms with Crippen LogP contribution < -0.4 is 0 Å². The predicted octanol–water partition coefficient (Wildman–Crippen LogP) is 4.91. The van der Waals surface area contributed by atoms with Crippen LogP contribution in [0.1, 0.15) is 35.1 Å². The van der Waals surface area contributed by atoms with Crippen molar-refractivity contribution in [2.75, 3.05) is 0 Å². The largest absolute Gasteiger partial charge is 0.504 e. The average molecular weight is 375 g/mol. The normalized spacial score (nSPS) is 46.2. The van der Waals surface area contributed by atoms with Gasteiger partial charge in [-0.25, -0.2) is 0 Å². The number of ketones is 1. The lowest BCUT2D eigenvalue weighted by Crippen LogP contribution is -2.43. The maximum absolute atomic E-state index is 12.6. The fourth-order valence-electron chi connectivity index (χ4n) is 4.48. The van der Waals surface area contributed by atoms with E-state index in [4.69, 9.17) is 23.2 Å². The number of halogens is 2. The fourth-order valence-corrected chi connectivity index (χ4v) is 8.58. The highest BCUT2D eigenvalue weighted by atomic mass is 35.5. The molecule has 3 aliphatic rings. The van der Waals surface area contributed by atoms with Crippen LogP contribution in [-0.2, 0) is 4.79 Å². The van der Waals surface area contributed by atoms with Crippen molar-refractivity contribution in [2.45, 2.75) is 47.4 Å². The number of carbonyl (C=O) groups is 1. The van der Waals surface area contributed by atoms with Crippen LogP contribution in [0.3, 0.4) is 0 Å². The number of hydrogen-bond donors (Lipinski definition) is 1. The third-order valence-electron chi connectivity index (χ3n) is 5.57. The lowest BCUT2D eigenvalue weighted by atomic mass is 9.80. The van der Waals surface area contributed by atoms with E-state index in [0.29, 0.717) is 5.57 Å². The lowest BCUT2D eigenvalue weighted by Gasteiger charge is -2.31. The summed E-state index contributed by atoms with van der Waals surface area (Å²) in [5, 5.41) is 10.2. The van der Waals surface area contributed by atoms with E-state index in [-0.39, 0.29) is 22.3 Å². The molecule has 1 saturated carbocycles. The van der Waals surface area contributed by atoms with Crippen molar-refractivity contribution >= 4 is 52.1 Å². The number of aryl methyl sites for hydroxylation is 2. The molecule has 118 valence electrons. The average Bonchev–Trinajstić information content (AvgIpc) is 2.71. The summed E-state index contributed by atoms with van der Waals surface area (Å²) < 4.78 is -1.13. The first kappa shape index (κ1) is 15.4. The number of thioether (sulfide) groups is 1. The Bertz CT molecular complexity index is 770. The number of thiophene rings is 1. The second kappa shape index (κ2) is 4.08. The molecule has 1 N–H and O–H groups in total. The molecule has 1 aliphatic heterocycles. The number of allylic oxidation sites excluding steroid dienone is 2. The Morgan fingerprint density at radius 3 is 2.41 bits per heavy atom. The van der Waals surface area contributed by atoms with Crippen molar-refractivity contribution in [3.8, 4) is 0 Å². The fraction of sp³-hybridized carbons (Fsp3) is 0.562. The monoisotopic (exact) mass is 374 g/mol. The van der Waals surface area contributed by atoms with Crippen molar-refractivity contribution < 1.29 is 9.90 Å². The first-order chi connectivity index (χ1) is 10.1. The van der Waals surface area contributed by atoms with Gasteiger partial charge in [-0.2, -0.15) is 0 Å². The van der Waals surface area contributed by atoms with Gasteiger partial charge in [0.1, 0.15) is 9.08 Å². The highest BCUT2D eigenvalue weighted by Gasteiger charge is 2.89. The van der Waals surface area contributed by atoms with E-state index >= 15 is 0 Å². The first-order valence-corrected chi connectivity index (χ1v) is 9.58. The van der Waals surface area contributed by atoms with Gasteiger partial charge in [-0.05, 0) is 44.9 Å². The van der Waals surface area contributed by atoms with Crippen LogP contribution in [0.4, 0.5) is 0 Å². The quantitative estimate of drug-likeness (QED) is 0.560. The Labute approximate surface area is 147 Å². The number of alkyl halides is 2. The van der Waals surface area contributed by atoms with Crippen LogP contribution in [0.25, 0.3) is 0 Å². The van der Waals surface area contributed by atoms with Crippen LogP contribution in [0.5, 0.6) is 0 Å². The summed E-state index contributed by atoms with van der Waals surface area (Å²) in [5.41, 5.74) is 1.90. The Balaban J connectivity index is 1.97. The van der Waals surface area contributed by atoms with E-state index < -0.39 is 14.9 Å². The van der Waals surface area contributed by atoms with E-state index in [9.17, 15) is 9.90 Å². The first-order valence-electron chi connectivity index (χ1n) is 7.19. The van der Waals surface area contributed by atoms with Crippen LogP contribution in [0.15, 0.2) is 17.4 Å². The molecule has 0 radical (unpaired) electrons. The minimum absolute atomic E-state index is 0.0473. The molecule has 0 bridgehead atoms. The number of aliphatic hydroxyl groups excluding tert-OH is 1. The van der Waals surface area contributed by atoms with Crippen LogP contribution in [0, 0.1) is 19.8 Å². The molecule has 2 heterocycles. The smallest absolute Gasteiger partial charge is 0.221 e. The minimum atomic E-state index is -1.24. The van der Waals surface area contributed by atoms with Gasteiger partial charge in [-0.1, -0.05) is 0 Å². The van der Waals surface area contributed by atoms with E-state index in [1.807, 2.05) is 6.92 Å². The molecule has 5 atom stereocenters. The molecule has 0 spiro atoms. The third-order valence-corrected chi connectivity index (χ3v) is 10.3. The molecule has 1 aromatic heterocycles. The lowest BCUT2D eigenvalue weighted by molar-refractivity contribution is -0.119. The molecular weight excluding hydrogens is 359 g/mol. The number of aliphatic hydroxyl groups is 1. The van der Waals surface area contributed by atoms with Crippen molar-refractivity contribution in [3.05, 3.63) is 32.7 Å². The Morgan fingerprint density at radius 2 is 1.86 bits per heavy atom. The van der Waals surface area contributed by atoms with Gasteiger partial charge in [0.2, 0.25) is 5.78 Å². The van der Waals surface area contributed by atoms with Gasteiger partial charge in [0.25, 0.3) is 0 Å². The highest BCUT2D eigenvalue weighted by Crippen LogP contribution is 2.87. The number of rotatable bonds is 1. The number of Topliss-reactive ketones (excluding diaryl/α,β-unsaturated/α-hetero) is 1. The maximum atomic E-state index is 12.6. The van der Waals surface area contributed by atoms with E-state index in [2.05, 4.69) is 26.8 Å². The number of fused-ring (bicyclic) bond motifs is 3. The topological polar surface area (TPSA) is 37.3 Å². The molecule has 6 heteroatoms. The summed E-state index contributed by atoms with van der Waals surface area (Å²) in [5.74, 6) is -0.789. The van der Waals surface area contributed by atoms with Gasteiger partial charge in [-0.3, -0.25) is 4.79 Å². The van der Waals surface area contributed by atoms with Crippen LogP contribution in [0.2, 0.25) is 0 Å². The summed E-state index contributed by atoms with van der Waals surface area (Å²) in [7, 11) is 0. The molecule has 2 aliphatic carbocycles. The van der Waals surface area contributed by atoms with Gasteiger partial charge >= 0.3 is 0 Å². The Hall–Kier alpha value is -0.160. The van der Waals surface area contributed by atoms with Gasteiger partial charge in [0.15, 0.2) is 5.76 Å². The molecule has 4 rings (SSSR count). The molecule has 0 amide bonds. The summed E-state index contributed by atoms with van der Waals surface area (Å²) >= 11 is 17.0. The zero-order valence-electron chi connectivity index (χ0n) is 12.7. The molecule has 22 heavy (non-hydrogen) atoms. The van der Waals surface area contributed by atoms with Crippen molar-refractivity contribution in [2.24, 2.45) is 5.92 Å². The van der Waals surface area contributed by atoms with Crippen molar-refractivity contribution in [1.82, 2.24) is 0 Å². The standard InChI is InChI=1S/C16H16Cl2O2S2/c1-6-5-9(8(3)21-6)11-10-7(2)12(19)13(20)15(10,17)16(18)14(11,4)22-16/h5,10-11,19H,1-4H3. The maximum Gasteiger partial charge on any atom is 0.221 e. The van der Waals surface area contributed by atoms with Gasteiger partial charge < -0.3 is 5.11 Å². The molecule has 2 fully saturated rings. The summed E-state index contributed by atoms with van der Waals surface area (Å²) in [6.45, 7) is 8.09. The van der Waals surface area contributed by atoms with E-state index in [1.165, 1.54) is 15.3 Å². The SMILES string of the molecule is CC1=C(O)C(=O)C2(Cl)C1C(c1cc(C)sc1C)C1(C)SC12Cl. The number of hydrogen-bond acceptors (Lipinski definition) is 4.